The van der Waals surface area contributed by atoms with Crippen LogP contribution in [0.2, 0.25) is 0 Å². The minimum atomic E-state index is -1.08. The number of carbonyl (C=O) groups is 2. The summed E-state index contributed by atoms with van der Waals surface area (Å²) in [5, 5.41) is 14.4. The van der Waals surface area contributed by atoms with Gasteiger partial charge in [0.15, 0.2) is 0 Å². The lowest BCUT2D eigenvalue weighted by Gasteiger charge is -2.14. The van der Waals surface area contributed by atoms with Crippen LogP contribution in [0.3, 0.4) is 0 Å². The number of carboxylic acids is 1. The Hall–Kier alpha value is -1.82. The molecule has 0 unspecified atom stereocenters. The summed E-state index contributed by atoms with van der Waals surface area (Å²) in [4.78, 5) is 22.9. The largest absolute Gasteiger partial charge is 0.478 e. The summed E-state index contributed by atoms with van der Waals surface area (Å²) in [6.45, 7) is 0. The molecule has 0 aromatic heterocycles. The number of urea groups is 1. The molecule has 5 nitrogen and oxygen atoms in total. The van der Waals surface area contributed by atoms with Crippen molar-refractivity contribution in [2.75, 3.05) is 5.32 Å². The van der Waals surface area contributed by atoms with Crippen LogP contribution in [0.15, 0.2) is 34.8 Å². The number of anilines is 1. The van der Waals surface area contributed by atoms with Gasteiger partial charge < -0.3 is 15.7 Å². The maximum Gasteiger partial charge on any atom is 0.337 e. The van der Waals surface area contributed by atoms with E-state index in [0.29, 0.717) is 4.47 Å². The number of benzene rings is 1. The average Bonchev–Trinajstić information content (AvgIpc) is 2.81. The highest BCUT2D eigenvalue weighted by molar-refractivity contribution is 9.10. The average molecular weight is 325 g/mol. The highest BCUT2D eigenvalue weighted by Gasteiger charge is 2.16. The smallest absolute Gasteiger partial charge is 0.337 e. The van der Waals surface area contributed by atoms with Crippen LogP contribution in [0.1, 0.15) is 23.2 Å². The van der Waals surface area contributed by atoms with Crippen LogP contribution in [-0.2, 0) is 0 Å². The van der Waals surface area contributed by atoms with Crippen LogP contribution < -0.4 is 10.6 Å². The second-order valence-electron chi connectivity index (χ2n) is 4.23. The van der Waals surface area contributed by atoms with Gasteiger partial charge in [-0.3, -0.25) is 0 Å². The fourth-order valence-corrected chi connectivity index (χ4v) is 2.25. The van der Waals surface area contributed by atoms with E-state index in [9.17, 15) is 9.59 Å². The van der Waals surface area contributed by atoms with Gasteiger partial charge >= 0.3 is 12.0 Å². The van der Waals surface area contributed by atoms with Crippen molar-refractivity contribution in [1.29, 1.82) is 0 Å². The molecule has 1 aliphatic carbocycles. The third kappa shape index (κ3) is 3.57. The molecular formula is C13H13BrN2O3. The van der Waals surface area contributed by atoms with Crippen molar-refractivity contribution in [3.63, 3.8) is 0 Å². The van der Waals surface area contributed by atoms with Gasteiger partial charge in [-0.05, 0) is 31.0 Å². The van der Waals surface area contributed by atoms with Gasteiger partial charge in [-0.25, -0.2) is 9.59 Å². The van der Waals surface area contributed by atoms with Crippen LogP contribution in [-0.4, -0.2) is 23.1 Å². The Kier molecular flexibility index (Phi) is 4.21. The van der Waals surface area contributed by atoms with E-state index in [2.05, 4.69) is 26.6 Å². The highest BCUT2D eigenvalue weighted by Crippen LogP contribution is 2.21. The summed E-state index contributed by atoms with van der Waals surface area (Å²) in [6.07, 6.45) is 5.62. The molecule has 1 aliphatic rings. The molecule has 0 aliphatic heterocycles. The second kappa shape index (κ2) is 5.88. The minimum absolute atomic E-state index is 0.0582. The topological polar surface area (TPSA) is 78.4 Å². The molecule has 100 valence electrons. The van der Waals surface area contributed by atoms with Crippen LogP contribution in [0.4, 0.5) is 10.5 Å². The Balaban J connectivity index is 2.06. The Bertz CT molecular complexity index is 535. The van der Waals surface area contributed by atoms with E-state index in [1.165, 1.54) is 6.07 Å². The van der Waals surface area contributed by atoms with Gasteiger partial charge in [0.1, 0.15) is 0 Å². The third-order valence-electron chi connectivity index (χ3n) is 2.80. The fraction of sp³-hybridized carbons (Fsp3) is 0.231. The first-order chi connectivity index (χ1) is 9.06. The van der Waals surface area contributed by atoms with Crippen molar-refractivity contribution in [2.24, 2.45) is 0 Å². The van der Waals surface area contributed by atoms with E-state index >= 15 is 0 Å². The molecule has 1 aromatic carbocycles. The molecule has 0 saturated carbocycles. The van der Waals surface area contributed by atoms with Gasteiger partial charge in [-0.2, -0.15) is 0 Å². The Morgan fingerprint density at radius 3 is 2.58 bits per heavy atom. The normalized spacial score (nSPS) is 14.4. The van der Waals surface area contributed by atoms with Gasteiger partial charge in [-0.15, -0.1) is 0 Å². The van der Waals surface area contributed by atoms with Crippen molar-refractivity contribution in [2.45, 2.75) is 18.9 Å². The van der Waals surface area contributed by atoms with Crippen molar-refractivity contribution >= 4 is 33.6 Å². The Morgan fingerprint density at radius 1 is 1.26 bits per heavy atom. The molecule has 6 heteroatoms. The number of hydrogen-bond donors (Lipinski definition) is 3. The van der Waals surface area contributed by atoms with E-state index in [1.54, 1.807) is 12.1 Å². The van der Waals surface area contributed by atoms with Crippen molar-refractivity contribution in [3.05, 3.63) is 40.4 Å². The maximum absolute atomic E-state index is 11.8. The molecule has 0 saturated heterocycles. The summed E-state index contributed by atoms with van der Waals surface area (Å²) in [5.41, 5.74) is 0.327. The number of hydrogen-bond acceptors (Lipinski definition) is 2. The fourth-order valence-electron chi connectivity index (χ4n) is 1.89. The SMILES string of the molecule is O=C(Nc1cc(Br)ccc1C(=O)O)NC1CC=CC1. The van der Waals surface area contributed by atoms with E-state index in [1.807, 2.05) is 12.2 Å². The highest BCUT2D eigenvalue weighted by atomic mass is 79.9. The van der Waals surface area contributed by atoms with E-state index in [4.69, 9.17) is 5.11 Å². The number of nitrogens with one attached hydrogen (secondary N) is 2. The lowest BCUT2D eigenvalue weighted by atomic mass is 10.2. The molecule has 19 heavy (non-hydrogen) atoms. The zero-order valence-corrected chi connectivity index (χ0v) is 11.6. The predicted molar refractivity (Wildman–Crippen MR) is 75.4 cm³/mol. The number of carboxylic acid groups (broad SMARTS) is 1. The quantitative estimate of drug-likeness (QED) is 0.748. The zero-order chi connectivity index (χ0) is 13.8. The predicted octanol–water partition coefficient (Wildman–Crippen LogP) is 2.99. The van der Waals surface area contributed by atoms with Gasteiger partial charge in [-0.1, -0.05) is 28.1 Å². The van der Waals surface area contributed by atoms with Crippen LogP contribution in [0.5, 0.6) is 0 Å². The molecule has 0 fully saturated rings. The van der Waals surface area contributed by atoms with E-state index in [0.717, 1.165) is 12.8 Å². The van der Waals surface area contributed by atoms with Crippen molar-refractivity contribution in [1.82, 2.24) is 5.32 Å². The Morgan fingerprint density at radius 2 is 1.95 bits per heavy atom. The van der Waals surface area contributed by atoms with Gasteiger partial charge in [0.25, 0.3) is 0 Å². The van der Waals surface area contributed by atoms with Crippen molar-refractivity contribution < 1.29 is 14.7 Å². The minimum Gasteiger partial charge on any atom is -0.478 e. The summed E-state index contributed by atoms with van der Waals surface area (Å²) in [5.74, 6) is -1.08. The summed E-state index contributed by atoms with van der Waals surface area (Å²) < 4.78 is 0.704. The number of amides is 2. The van der Waals surface area contributed by atoms with Gasteiger partial charge in [0, 0.05) is 10.5 Å². The molecule has 0 spiro atoms. The molecular weight excluding hydrogens is 312 g/mol. The van der Waals surface area contributed by atoms with Crippen LogP contribution in [0, 0.1) is 0 Å². The summed E-state index contributed by atoms with van der Waals surface area (Å²) in [6, 6.07) is 4.32. The number of aromatic carboxylic acids is 1. The second-order valence-corrected chi connectivity index (χ2v) is 5.15. The first kappa shape index (κ1) is 13.6. The molecule has 0 heterocycles. The Labute approximate surface area is 118 Å². The van der Waals surface area contributed by atoms with Gasteiger partial charge in [0.05, 0.1) is 11.3 Å². The monoisotopic (exact) mass is 324 g/mol. The number of carbonyl (C=O) groups excluding carboxylic acids is 1. The lowest BCUT2D eigenvalue weighted by molar-refractivity contribution is 0.0698. The van der Waals surface area contributed by atoms with Crippen LogP contribution >= 0.6 is 15.9 Å². The number of halogens is 1. The summed E-state index contributed by atoms with van der Waals surface area (Å²) >= 11 is 3.25. The first-order valence-electron chi connectivity index (χ1n) is 5.81. The van der Waals surface area contributed by atoms with Crippen molar-refractivity contribution in [3.8, 4) is 0 Å². The molecule has 1 aromatic rings. The molecule has 2 amide bonds. The molecule has 0 atom stereocenters. The van der Waals surface area contributed by atoms with Gasteiger partial charge in [0.2, 0.25) is 0 Å². The van der Waals surface area contributed by atoms with E-state index < -0.39 is 12.0 Å². The number of rotatable bonds is 3. The standard InChI is InChI=1S/C13H13BrN2O3/c14-8-5-6-10(12(17)18)11(7-8)16-13(19)15-9-3-1-2-4-9/h1-2,5-7,9H,3-4H2,(H,17,18)(H2,15,16,19). The molecule has 2 rings (SSSR count). The summed E-state index contributed by atoms with van der Waals surface area (Å²) in [7, 11) is 0. The molecule has 3 N–H and O–H groups in total. The maximum atomic E-state index is 11.8. The third-order valence-corrected chi connectivity index (χ3v) is 3.30. The first-order valence-corrected chi connectivity index (χ1v) is 6.61. The molecule has 0 bridgehead atoms. The zero-order valence-electron chi connectivity index (χ0n) is 10.0. The van der Waals surface area contributed by atoms with Crippen LogP contribution in [0.25, 0.3) is 0 Å². The lowest BCUT2D eigenvalue weighted by Crippen LogP contribution is -2.36. The molecule has 0 radical (unpaired) electrons. The van der Waals surface area contributed by atoms with E-state index in [-0.39, 0.29) is 17.3 Å².